The molecule has 13 heavy (non-hydrogen) atoms. The molecule has 1 aromatic rings. The molecule has 0 atom stereocenters. The summed E-state index contributed by atoms with van der Waals surface area (Å²) >= 11 is 5.92. The Balaban J connectivity index is 3.26. The van der Waals surface area contributed by atoms with E-state index in [9.17, 15) is 5.11 Å². The van der Waals surface area contributed by atoms with Crippen molar-refractivity contribution in [3.63, 3.8) is 0 Å². The Morgan fingerprint density at radius 2 is 2.08 bits per heavy atom. The summed E-state index contributed by atoms with van der Waals surface area (Å²) in [6.07, 6.45) is 0. The Morgan fingerprint density at radius 3 is 2.62 bits per heavy atom. The average molecular weight is 202 g/mol. The maximum absolute atomic E-state index is 9.57. The number of benzene rings is 1. The van der Waals surface area contributed by atoms with Crippen molar-refractivity contribution in [1.82, 2.24) is 5.48 Å². The summed E-state index contributed by atoms with van der Waals surface area (Å²) in [6.45, 7) is 3.78. The second kappa shape index (κ2) is 3.96. The topological polar surface area (TPSA) is 52.5 Å². The molecular weight excluding hydrogens is 190 g/mol. The Kier molecular flexibility index (Phi) is 3.14. The van der Waals surface area contributed by atoms with Gasteiger partial charge in [-0.2, -0.15) is 0 Å². The number of hydroxylamine groups is 1. The second-order valence-corrected chi connectivity index (χ2v) is 3.37. The number of aryl methyl sites for hydroxylation is 1. The lowest BCUT2D eigenvalue weighted by Gasteiger charge is -2.11. The molecule has 72 valence electrons. The molecule has 0 saturated carbocycles. The number of phenols is 1. The van der Waals surface area contributed by atoms with Gasteiger partial charge in [0.2, 0.25) is 0 Å². The number of hydrogen-bond donors (Lipinski definition) is 3. The largest absolute Gasteiger partial charge is 0.507 e. The number of phenolic OH excluding ortho intramolecular Hbond substituents is 1. The zero-order valence-corrected chi connectivity index (χ0v) is 8.31. The molecule has 0 amide bonds. The molecule has 0 heterocycles. The molecule has 0 saturated heterocycles. The molecule has 0 radical (unpaired) electrons. The minimum Gasteiger partial charge on any atom is -0.507 e. The van der Waals surface area contributed by atoms with Crippen LogP contribution in [0.5, 0.6) is 5.75 Å². The minimum atomic E-state index is 0.231. The summed E-state index contributed by atoms with van der Waals surface area (Å²) in [7, 11) is 0. The molecule has 0 fully saturated rings. The lowest BCUT2D eigenvalue weighted by atomic mass is 10.0. The fourth-order valence-electron chi connectivity index (χ4n) is 1.26. The van der Waals surface area contributed by atoms with Gasteiger partial charge in [0.05, 0.1) is 0 Å². The molecule has 0 bridgehead atoms. The SMILES string of the molecule is Cc1cc(Cl)c(CNO)c(C)c1O. The van der Waals surface area contributed by atoms with Gasteiger partial charge >= 0.3 is 0 Å². The van der Waals surface area contributed by atoms with E-state index in [0.717, 1.165) is 5.56 Å². The van der Waals surface area contributed by atoms with Crippen LogP contribution in [0.3, 0.4) is 0 Å². The van der Waals surface area contributed by atoms with Crippen molar-refractivity contribution < 1.29 is 10.3 Å². The fraction of sp³-hybridized carbons (Fsp3) is 0.333. The van der Waals surface area contributed by atoms with E-state index in [4.69, 9.17) is 16.8 Å². The van der Waals surface area contributed by atoms with Gasteiger partial charge in [-0.25, -0.2) is 5.48 Å². The van der Waals surface area contributed by atoms with E-state index in [1.165, 1.54) is 0 Å². The van der Waals surface area contributed by atoms with Crippen molar-refractivity contribution in [1.29, 1.82) is 0 Å². The van der Waals surface area contributed by atoms with Crippen LogP contribution in [-0.2, 0) is 6.54 Å². The summed E-state index contributed by atoms with van der Waals surface area (Å²) in [5.74, 6) is 0.231. The van der Waals surface area contributed by atoms with Crippen molar-refractivity contribution in [3.8, 4) is 5.75 Å². The van der Waals surface area contributed by atoms with Crippen molar-refractivity contribution >= 4 is 11.6 Å². The summed E-state index contributed by atoms with van der Waals surface area (Å²) in [5.41, 5.74) is 4.17. The Hall–Kier alpha value is -0.770. The molecule has 0 spiro atoms. The van der Waals surface area contributed by atoms with Gasteiger partial charge in [-0.1, -0.05) is 11.6 Å². The third-order valence-corrected chi connectivity index (χ3v) is 2.41. The number of halogens is 1. The molecule has 3 N–H and O–H groups in total. The van der Waals surface area contributed by atoms with Gasteiger partial charge in [0, 0.05) is 11.6 Å². The standard InChI is InChI=1S/C9H12ClNO2/c1-5-3-8(10)7(4-11-13)6(2)9(5)12/h3,11-13H,4H2,1-2H3. The minimum absolute atomic E-state index is 0.231. The van der Waals surface area contributed by atoms with E-state index in [2.05, 4.69) is 0 Å². The van der Waals surface area contributed by atoms with Crippen molar-refractivity contribution in [3.05, 3.63) is 27.8 Å². The summed E-state index contributed by atoms with van der Waals surface area (Å²) < 4.78 is 0. The van der Waals surface area contributed by atoms with Gasteiger partial charge in [0.1, 0.15) is 5.75 Å². The van der Waals surface area contributed by atoms with Crippen LogP contribution in [0.4, 0.5) is 0 Å². The van der Waals surface area contributed by atoms with Gasteiger partial charge in [-0.15, -0.1) is 0 Å². The maximum atomic E-state index is 9.57. The number of hydrogen-bond acceptors (Lipinski definition) is 3. The highest BCUT2D eigenvalue weighted by molar-refractivity contribution is 6.31. The first-order chi connectivity index (χ1) is 6.07. The van der Waals surface area contributed by atoms with Crippen LogP contribution in [0, 0.1) is 13.8 Å². The number of nitrogens with one attached hydrogen (secondary N) is 1. The van der Waals surface area contributed by atoms with Gasteiger partial charge in [-0.3, -0.25) is 0 Å². The number of aromatic hydroxyl groups is 1. The zero-order valence-electron chi connectivity index (χ0n) is 7.56. The molecule has 1 aromatic carbocycles. The summed E-state index contributed by atoms with van der Waals surface area (Å²) in [5, 5.41) is 18.7. The van der Waals surface area contributed by atoms with Crippen molar-refractivity contribution in [2.45, 2.75) is 20.4 Å². The van der Waals surface area contributed by atoms with E-state index < -0.39 is 0 Å². The molecule has 0 aromatic heterocycles. The first kappa shape index (κ1) is 10.3. The van der Waals surface area contributed by atoms with Gasteiger partial charge < -0.3 is 10.3 Å². The quantitative estimate of drug-likeness (QED) is 0.643. The van der Waals surface area contributed by atoms with Crippen LogP contribution in [-0.4, -0.2) is 10.3 Å². The van der Waals surface area contributed by atoms with Crippen molar-refractivity contribution in [2.75, 3.05) is 0 Å². The van der Waals surface area contributed by atoms with Crippen LogP contribution >= 0.6 is 11.6 Å². The van der Waals surface area contributed by atoms with E-state index in [1.807, 2.05) is 5.48 Å². The molecule has 1 rings (SSSR count). The van der Waals surface area contributed by atoms with Gasteiger partial charge in [-0.05, 0) is 36.6 Å². The lowest BCUT2D eigenvalue weighted by molar-refractivity contribution is 0.161. The van der Waals surface area contributed by atoms with Crippen LogP contribution in [0.2, 0.25) is 5.02 Å². The monoisotopic (exact) mass is 201 g/mol. The first-order valence-electron chi connectivity index (χ1n) is 3.92. The van der Waals surface area contributed by atoms with Gasteiger partial charge in [0.25, 0.3) is 0 Å². The predicted molar refractivity (Wildman–Crippen MR) is 51.2 cm³/mol. The lowest BCUT2D eigenvalue weighted by Crippen LogP contribution is -2.08. The highest BCUT2D eigenvalue weighted by atomic mass is 35.5. The van der Waals surface area contributed by atoms with Crippen LogP contribution < -0.4 is 5.48 Å². The van der Waals surface area contributed by atoms with E-state index in [-0.39, 0.29) is 12.3 Å². The fourth-order valence-corrected chi connectivity index (χ4v) is 1.63. The number of rotatable bonds is 2. The third kappa shape index (κ3) is 1.94. The normalized spacial score (nSPS) is 10.5. The smallest absolute Gasteiger partial charge is 0.121 e. The molecule has 0 aliphatic rings. The average Bonchev–Trinajstić information content (AvgIpc) is 2.09. The van der Waals surface area contributed by atoms with Crippen LogP contribution in [0.15, 0.2) is 6.07 Å². The Labute approximate surface area is 81.9 Å². The van der Waals surface area contributed by atoms with E-state index in [1.54, 1.807) is 19.9 Å². The Morgan fingerprint density at radius 1 is 1.46 bits per heavy atom. The molecule has 4 heteroatoms. The Bertz CT molecular complexity index is 326. The second-order valence-electron chi connectivity index (χ2n) is 2.96. The molecule has 3 nitrogen and oxygen atoms in total. The highest BCUT2D eigenvalue weighted by Crippen LogP contribution is 2.30. The van der Waals surface area contributed by atoms with Crippen LogP contribution in [0.25, 0.3) is 0 Å². The maximum Gasteiger partial charge on any atom is 0.121 e. The van der Waals surface area contributed by atoms with E-state index >= 15 is 0 Å². The third-order valence-electron chi connectivity index (χ3n) is 2.07. The molecule has 0 aliphatic carbocycles. The first-order valence-corrected chi connectivity index (χ1v) is 4.30. The highest BCUT2D eigenvalue weighted by Gasteiger charge is 2.10. The van der Waals surface area contributed by atoms with Crippen molar-refractivity contribution in [2.24, 2.45) is 0 Å². The van der Waals surface area contributed by atoms with Gasteiger partial charge in [0.15, 0.2) is 0 Å². The molecular formula is C9H12ClNO2. The summed E-state index contributed by atoms with van der Waals surface area (Å²) in [6, 6.07) is 1.68. The zero-order chi connectivity index (χ0) is 10.0. The van der Waals surface area contributed by atoms with Crippen LogP contribution in [0.1, 0.15) is 16.7 Å². The molecule has 0 unspecified atom stereocenters. The predicted octanol–water partition coefficient (Wildman–Crippen LogP) is 2.14. The van der Waals surface area contributed by atoms with E-state index in [0.29, 0.717) is 16.1 Å². The molecule has 0 aliphatic heterocycles. The summed E-state index contributed by atoms with van der Waals surface area (Å²) in [4.78, 5) is 0.